The molecule has 0 aliphatic heterocycles. The van der Waals surface area contributed by atoms with Gasteiger partial charge in [-0.25, -0.2) is 0 Å². The van der Waals surface area contributed by atoms with Crippen molar-refractivity contribution in [1.29, 1.82) is 0 Å². The summed E-state index contributed by atoms with van der Waals surface area (Å²) >= 11 is 0. The van der Waals surface area contributed by atoms with Crippen LogP contribution in [0.5, 0.6) is 0 Å². The lowest BCUT2D eigenvalue weighted by molar-refractivity contribution is 0.298. The van der Waals surface area contributed by atoms with Crippen LogP contribution in [-0.4, -0.2) is 19.9 Å². The second-order valence-electron chi connectivity index (χ2n) is 8.10. The minimum atomic E-state index is -1.59. The lowest BCUT2D eigenvalue weighted by atomic mass is 10.1. The van der Waals surface area contributed by atoms with Crippen LogP contribution < -0.4 is 0 Å². The second-order valence-corrected chi connectivity index (χ2v) is 12.3. The van der Waals surface area contributed by atoms with Crippen LogP contribution in [0.4, 0.5) is 0 Å². The van der Waals surface area contributed by atoms with E-state index in [0.717, 1.165) is 19.4 Å². The Morgan fingerprint density at radius 1 is 0.852 bits per heavy atom. The molecular formula is C24H41NOSi. The molecule has 1 N–H and O–H groups in total. The summed E-state index contributed by atoms with van der Waals surface area (Å²) in [5, 5.41) is 1.39. The van der Waals surface area contributed by atoms with Crippen molar-refractivity contribution in [2.45, 2.75) is 97.2 Å². The van der Waals surface area contributed by atoms with Crippen molar-refractivity contribution in [2.75, 3.05) is 6.61 Å². The van der Waals surface area contributed by atoms with Gasteiger partial charge in [-0.2, -0.15) is 0 Å². The molecule has 0 bridgehead atoms. The summed E-state index contributed by atoms with van der Waals surface area (Å²) < 4.78 is 6.84. The number of hydrogen-bond acceptors (Lipinski definition) is 1. The summed E-state index contributed by atoms with van der Waals surface area (Å²) in [7, 11) is -1.59. The van der Waals surface area contributed by atoms with E-state index in [1.165, 1.54) is 78.7 Å². The lowest BCUT2D eigenvalue weighted by Gasteiger charge is -2.32. The van der Waals surface area contributed by atoms with E-state index in [2.05, 4.69) is 57.1 Å². The van der Waals surface area contributed by atoms with E-state index in [0.29, 0.717) is 0 Å². The number of nitrogens with one attached hydrogen (secondary N) is 1. The van der Waals surface area contributed by atoms with Crippen molar-refractivity contribution in [3.05, 3.63) is 35.5 Å². The van der Waals surface area contributed by atoms with Crippen LogP contribution in [0.15, 0.2) is 24.4 Å². The Morgan fingerprint density at radius 3 is 2.04 bits per heavy atom. The molecule has 0 unspecified atom stereocenters. The molecule has 0 fully saturated rings. The predicted octanol–water partition coefficient (Wildman–Crippen LogP) is 7.64. The van der Waals surface area contributed by atoms with Gasteiger partial charge in [-0.1, -0.05) is 84.4 Å². The van der Waals surface area contributed by atoms with E-state index in [1.807, 2.05) is 0 Å². The highest BCUT2D eigenvalue weighted by Gasteiger charge is 2.32. The van der Waals surface area contributed by atoms with Gasteiger partial charge in [0.2, 0.25) is 0 Å². The fraction of sp³-hybridized carbons (Fsp3) is 0.667. The fourth-order valence-corrected chi connectivity index (χ4v) is 8.95. The van der Waals surface area contributed by atoms with E-state index < -0.39 is 8.32 Å². The van der Waals surface area contributed by atoms with E-state index in [1.54, 1.807) is 0 Å². The number of para-hydroxylation sites is 1. The molecule has 2 aromatic rings. The molecule has 0 saturated heterocycles. The van der Waals surface area contributed by atoms with E-state index in [-0.39, 0.29) is 0 Å². The fourth-order valence-electron chi connectivity index (χ4n) is 4.24. The molecule has 0 spiro atoms. The van der Waals surface area contributed by atoms with E-state index in [9.17, 15) is 0 Å². The van der Waals surface area contributed by atoms with Crippen molar-refractivity contribution >= 4 is 19.2 Å². The normalized spacial score (nSPS) is 12.1. The predicted molar refractivity (Wildman–Crippen MR) is 122 cm³/mol. The van der Waals surface area contributed by atoms with Crippen LogP contribution >= 0.6 is 0 Å². The number of rotatable bonds is 14. The zero-order valence-corrected chi connectivity index (χ0v) is 19.2. The van der Waals surface area contributed by atoms with E-state index >= 15 is 0 Å². The van der Waals surface area contributed by atoms with Gasteiger partial charge in [-0.3, -0.25) is 0 Å². The van der Waals surface area contributed by atoms with Gasteiger partial charge in [0.05, 0.1) is 0 Å². The molecule has 0 amide bonds. The average molecular weight is 388 g/mol. The van der Waals surface area contributed by atoms with Crippen LogP contribution in [0.2, 0.25) is 18.1 Å². The molecule has 1 heterocycles. The highest BCUT2D eigenvalue weighted by molar-refractivity contribution is 6.73. The topological polar surface area (TPSA) is 25.0 Å². The zero-order chi connectivity index (χ0) is 19.5. The van der Waals surface area contributed by atoms with E-state index in [4.69, 9.17) is 4.43 Å². The SMILES string of the molecule is CCCC[Si](CCCC)(CCCC)OCCc1c[nH]c2c(CC)cccc12. The van der Waals surface area contributed by atoms with Crippen molar-refractivity contribution < 1.29 is 4.43 Å². The summed E-state index contributed by atoms with van der Waals surface area (Å²) in [5.74, 6) is 0. The molecule has 0 radical (unpaired) electrons. The molecule has 2 rings (SSSR count). The first kappa shape index (κ1) is 22.2. The number of aromatic nitrogens is 1. The van der Waals surface area contributed by atoms with Crippen LogP contribution in [0.25, 0.3) is 10.9 Å². The number of aryl methyl sites for hydroxylation is 1. The number of unbranched alkanes of at least 4 members (excludes halogenated alkanes) is 3. The first-order chi connectivity index (χ1) is 13.2. The number of aromatic amines is 1. The van der Waals surface area contributed by atoms with Crippen LogP contribution in [0, 0.1) is 0 Å². The quantitative estimate of drug-likeness (QED) is 0.331. The molecular weight excluding hydrogens is 346 g/mol. The third kappa shape index (κ3) is 6.22. The average Bonchev–Trinajstić information content (AvgIpc) is 3.12. The molecule has 152 valence electrons. The van der Waals surface area contributed by atoms with Gasteiger partial charge >= 0.3 is 0 Å². The van der Waals surface area contributed by atoms with Crippen molar-refractivity contribution in [3.8, 4) is 0 Å². The van der Waals surface area contributed by atoms with Crippen LogP contribution in [0.1, 0.15) is 77.3 Å². The first-order valence-electron chi connectivity index (χ1n) is 11.4. The molecule has 0 aliphatic rings. The number of benzene rings is 1. The van der Waals surface area contributed by atoms with Gasteiger partial charge in [0, 0.05) is 23.7 Å². The minimum Gasteiger partial charge on any atom is -0.416 e. The Labute approximate surface area is 168 Å². The van der Waals surface area contributed by atoms with Gasteiger partial charge in [-0.05, 0) is 42.1 Å². The van der Waals surface area contributed by atoms with Crippen LogP contribution in [0.3, 0.4) is 0 Å². The molecule has 0 aliphatic carbocycles. The Hall–Kier alpha value is -1.06. The standard InChI is InChI=1S/C24H41NOSi/c1-5-9-17-27(18-10-6-2,19-11-7-3)26-16-15-22-20-25-24-21(8-4)13-12-14-23(22)24/h12-14,20,25H,5-11,15-19H2,1-4H3. The third-order valence-electron chi connectivity index (χ3n) is 6.01. The monoisotopic (exact) mass is 387 g/mol. The maximum absolute atomic E-state index is 6.84. The van der Waals surface area contributed by atoms with Gasteiger partial charge in [0.25, 0.3) is 0 Å². The highest BCUT2D eigenvalue weighted by Crippen LogP contribution is 2.30. The van der Waals surface area contributed by atoms with Gasteiger partial charge in [0.15, 0.2) is 8.32 Å². The number of H-pyrrole nitrogens is 1. The lowest BCUT2D eigenvalue weighted by Crippen LogP contribution is -2.38. The summed E-state index contributed by atoms with van der Waals surface area (Å²) in [6, 6.07) is 10.8. The van der Waals surface area contributed by atoms with Crippen LogP contribution in [-0.2, 0) is 17.3 Å². The smallest absolute Gasteiger partial charge is 0.192 e. The van der Waals surface area contributed by atoms with Crippen molar-refractivity contribution in [3.63, 3.8) is 0 Å². The second kappa shape index (κ2) is 11.7. The number of hydrogen-bond donors (Lipinski definition) is 1. The first-order valence-corrected chi connectivity index (χ1v) is 13.9. The largest absolute Gasteiger partial charge is 0.416 e. The Kier molecular flexibility index (Phi) is 9.64. The van der Waals surface area contributed by atoms with Gasteiger partial charge in [0.1, 0.15) is 0 Å². The summed E-state index contributed by atoms with van der Waals surface area (Å²) in [6.45, 7) is 10.1. The zero-order valence-electron chi connectivity index (χ0n) is 18.2. The third-order valence-corrected chi connectivity index (χ3v) is 10.6. The molecule has 2 nitrogen and oxygen atoms in total. The molecule has 1 aromatic heterocycles. The van der Waals surface area contributed by atoms with Gasteiger partial charge in [-0.15, -0.1) is 0 Å². The summed E-state index contributed by atoms with van der Waals surface area (Å²) in [4.78, 5) is 3.51. The Bertz CT molecular complexity index is 642. The highest BCUT2D eigenvalue weighted by atomic mass is 28.4. The Morgan fingerprint density at radius 2 is 1.48 bits per heavy atom. The summed E-state index contributed by atoms with van der Waals surface area (Å²) in [6.07, 6.45) is 12.2. The maximum Gasteiger partial charge on any atom is 0.192 e. The van der Waals surface area contributed by atoms with Crippen molar-refractivity contribution in [1.82, 2.24) is 4.98 Å². The molecule has 1 aromatic carbocycles. The maximum atomic E-state index is 6.84. The Balaban J connectivity index is 2.06. The van der Waals surface area contributed by atoms with Crippen molar-refractivity contribution in [2.24, 2.45) is 0 Å². The number of fused-ring (bicyclic) bond motifs is 1. The van der Waals surface area contributed by atoms with Gasteiger partial charge < -0.3 is 9.41 Å². The summed E-state index contributed by atoms with van der Waals surface area (Å²) in [5.41, 5.74) is 4.16. The minimum absolute atomic E-state index is 0.896. The molecule has 0 saturated carbocycles. The molecule has 3 heteroatoms. The molecule has 0 atom stereocenters. The molecule has 27 heavy (non-hydrogen) atoms.